The van der Waals surface area contributed by atoms with Crippen LogP contribution in [0.4, 0.5) is 5.69 Å². The Bertz CT molecular complexity index is 1100. The molecule has 0 aromatic heterocycles. The van der Waals surface area contributed by atoms with Crippen LogP contribution >= 0.6 is 0 Å². The number of amides is 1. The number of esters is 1. The second-order valence-corrected chi connectivity index (χ2v) is 7.37. The van der Waals surface area contributed by atoms with E-state index in [4.69, 9.17) is 18.9 Å². The normalized spacial score (nSPS) is 10.4. The molecule has 9 nitrogen and oxygen atoms in total. The van der Waals surface area contributed by atoms with E-state index < -0.39 is 5.97 Å². The van der Waals surface area contributed by atoms with Gasteiger partial charge in [0.1, 0.15) is 23.0 Å². The number of benzene rings is 2. The quantitative estimate of drug-likeness (QED) is 0.222. The Hall–Kier alpha value is -3.79. The van der Waals surface area contributed by atoms with Gasteiger partial charge in [0.2, 0.25) is 5.91 Å². The highest BCUT2D eigenvalue weighted by Gasteiger charge is 2.14. The van der Waals surface area contributed by atoms with Gasteiger partial charge in [-0.15, -0.1) is 0 Å². The lowest BCUT2D eigenvalue weighted by Crippen LogP contribution is -2.15. The third-order valence-corrected chi connectivity index (χ3v) is 5.34. The standard InChI is InChI=1S/C24H27NO8S/c1-29-16-13-20(31-3)17(21(14-16)32-4)7-9-22(34-28)15-6-8-19(30-2)18(12-15)25-23(26)10-11-24(27)33-5/h6-9,12-14H,10-11H2,1-5H3,(H,25,26). The average molecular weight is 490 g/mol. The van der Waals surface area contributed by atoms with Crippen molar-refractivity contribution < 1.29 is 37.5 Å². The van der Waals surface area contributed by atoms with Crippen LogP contribution in [0.15, 0.2) is 36.4 Å². The molecule has 2 aromatic carbocycles. The molecule has 0 fully saturated rings. The molecular weight excluding hydrogens is 462 g/mol. The predicted molar refractivity (Wildman–Crippen MR) is 130 cm³/mol. The molecule has 0 bridgehead atoms. The highest BCUT2D eigenvalue weighted by Crippen LogP contribution is 2.35. The first-order chi connectivity index (χ1) is 16.4. The Labute approximate surface area is 201 Å². The number of anilines is 1. The maximum atomic E-state index is 12.3. The van der Waals surface area contributed by atoms with Gasteiger partial charge in [0.05, 0.1) is 69.3 Å². The number of hydrogen-bond donors (Lipinski definition) is 1. The first-order valence-corrected chi connectivity index (χ1v) is 10.8. The second kappa shape index (κ2) is 13.0. The summed E-state index contributed by atoms with van der Waals surface area (Å²) in [6, 6.07) is 8.39. The molecule has 0 aliphatic carbocycles. The van der Waals surface area contributed by atoms with Gasteiger partial charge in [0, 0.05) is 18.6 Å². The van der Waals surface area contributed by atoms with Gasteiger partial charge in [-0.25, -0.2) is 4.21 Å². The summed E-state index contributed by atoms with van der Waals surface area (Å²) in [7, 11) is 7.32. The van der Waals surface area contributed by atoms with Crippen molar-refractivity contribution in [2.75, 3.05) is 40.9 Å². The minimum absolute atomic E-state index is 0.0492. The smallest absolute Gasteiger partial charge is 0.306 e. The third kappa shape index (κ3) is 6.85. The Balaban J connectivity index is 2.35. The van der Waals surface area contributed by atoms with Gasteiger partial charge in [-0.2, -0.15) is 0 Å². The van der Waals surface area contributed by atoms with Crippen molar-refractivity contribution in [3.05, 3.63) is 47.5 Å². The van der Waals surface area contributed by atoms with Gasteiger partial charge in [0.15, 0.2) is 0 Å². The molecule has 0 atom stereocenters. The van der Waals surface area contributed by atoms with Gasteiger partial charge < -0.3 is 29.0 Å². The summed E-state index contributed by atoms with van der Waals surface area (Å²) in [5.41, 5.74) is 1.56. The Morgan fingerprint density at radius 3 is 2.06 bits per heavy atom. The fraction of sp³-hybridized carbons (Fsp3) is 0.292. The lowest BCUT2D eigenvalue weighted by molar-refractivity contribution is -0.141. The van der Waals surface area contributed by atoms with Crippen molar-refractivity contribution in [1.29, 1.82) is 0 Å². The van der Waals surface area contributed by atoms with E-state index in [1.807, 2.05) is 0 Å². The fourth-order valence-corrected chi connectivity index (χ4v) is 3.36. The maximum Gasteiger partial charge on any atom is 0.306 e. The summed E-state index contributed by atoms with van der Waals surface area (Å²) in [6.45, 7) is 0. The maximum absolute atomic E-state index is 12.3. The molecule has 2 rings (SSSR count). The first-order valence-electron chi connectivity index (χ1n) is 10.1. The molecule has 0 aliphatic heterocycles. The summed E-state index contributed by atoms with van der Waals surface area (Å²) >= 11 is 0.294. The Morgan fingerprint density at radius 2 is 1.53 bits per heavy atom. The van der Waals surface area contributed by atoms with E-state index in [1.54, 1.807) is 49.6 Å². The van der Waals surface area contributed by atoms with E-state index in [-0.39, 0.29) is 18.7 Å². The molecule has 1 N–H and O–H groups in total. The zero-order valence-corrected chi connectivity index (χ0v) is 20.4. The minimum Gasteiger partial charge on any atom is -0.496 e. The van der Waals surface area contributed by atoms with Crippen molar-refractivity contribution in [2.45, 2.75) is 12.8 Å². The topological polar surface area (TPSA) is 109 Å². The first kappa shape index (κ1) is 26.5. The number of ether oxygens (including phenoxy) is 5. The van der Waals surface area contributed by atoms with Crippen LogP contribution in [0, 0.1) is 0 Å². The number of rotatable bonds is 11. The largest absolute Gasteiger partial charge is 0.496 e. The van der Waals surface area contributed by atoms with Crippen molar-refractivity contribution in [3.63, 3.8) is 0 Å². The van der Waals surface area contributed by atoms with Crippen molar-refractivity contribution in [1.82, 2.24) is 0 Å². The Kier molecular flexibility index (Phi) is 10.2. The summed E-state index contributed by atoms with van der Waals surface area (Å²) in [5.74, 6) is 1.13. The van der Waals surface area contributed by atoms with Crippen LogP contribution in [0.3, 0.4) is 0 Å². The van der Waals surface area contributed by atoms with Crippen molar-refractivity contribution in [3.8, 4) is 23.0 Å². The summed E-state index contributed by atoms with van der Waals surface area (Å²) < 4.78 is 37.9. The molecule has 0 heterocycles. The summed E-state index contributed by atoms with van der Waals surface area (Å²) in [4.78, 5) is 23.9. The molecule has 10 heteroatoms. The third-order valence-electron chi connectivity index (χ3n) is 4.79. The van der Waals surface area contributed by atoms with E-state index in [2.05, 4.69) is 10.1 Å². The van der Waals surface area contributed by atoms with Crippen LogP contribution < -0.4 is 24.3 Å². The number of nitrogens with one attached hydrogen (secondary N) is 1. The average Bonchev–Trinajstić information content (AvgIpc) is 2.87. The van der Waals surface area contributed by atoms with Crippen LogP contribution in [0.2, 0.25) is 0 Å². The van der Waals surface area contributed by atoms with E-state index in [0.29, 0.717) is 55.9 Å². The number of allylic oxidation sites excluding steroid dienone is 1. The molecule has 0 saturated heterocycles. The van der Waals surface area contributed by atoms with E-state index in [1.165, 1.54) is 28.4 Å². The van der Waals surface area contributed by atoms with Crippen molar-refractivity contribution >= 4 is 39.8 Å². The van der Waals surface area contributed by atoms with E-state index in [9.17, 15) is 13.8 Å². The zero-order valence-electron chi connectivity index (χ0n) is 19.6. The molecule has 0 unspecified atom stereocenters. The van der Waals surface area contributed by atoms with Crippen LogP contribution in [0.25, 0.3) is 6.08 Å². The summed E-state index contributed by atoms with van der Waals surface area (Å²) in [5, 5.41) is 2.71. The number of hydrogen-bond acceptors (Lipinski definition) is 8. The van der Waals surface area contributed by atoms with Gasteiger partial charge in [0.25, 0.3) is 0 Å². The predicted octanol–water partition coefficient (Wildman–Crippen LogP) is 3.06. The fourth-order valence-electron chi connectivity index (χ4n) is 3.02. The molecule has 0 saturated carbocycles. The molecule has 1 amide bonds. The van der Waals surface area contributed by atoms with E-state index in [0.717, 1.165) is 0 Å². The molecule has 182 valence electrons. The number of carbonyl (C=O) groups excluding carboxylic acids is 2. The van der Waals surface area contributed by atoms with Crippen molar-refractivity contribution in [2.24, 2.45) is 0 Å². The molecule has 0 spiro atoms. The lowest BCUT2D eigenvalue weighted by Gasteiger charge is -2.13. The van der Waals surface area contributed by atoms with Crippen LogP contribution in [-0.4, -0.2) is 56.5 Å². The SMILES string of the molecule is COC(=O)CCC(=O)Nc1cc(C(C=Cc2c(OC)cc(OC)cc2OC)=S=O)ccc1OC. The van der Waals surface area contributed by atoms with Crippen LogP contribution in [-0.2, 0) is 25.6 Å². The minimum atomic E-state index is -0.483. The number of methoxy groups -OCH3 is 5. The summed E-state index contributed by atoms with van der Waals surface area (Å²) in [6.07, 6.45) is 3.24. The van der Waals surface area contributed by atoms with Gasteiger partial charge >= 0.3 is 5.97 Å². The lowest BCUT2D eigenvalue weighted by atomic mass is 10.1. The van der Waals surface area contributed by atoms with Gasteiger partial charge in [-0.1, -0.05) is 0 Å². The molecule has 2 aromatic rings. The second-order valence-electron chi connectivity index (χ2n) is 6.77. The van der Waals surface area contributed by atoms with E-state index >= 15 is 0 Å². The Morgan fingerprint density at radius 1 is 0.882 bits per heavy atom. The number of carbonyl (C=O) groups is 2. The van der Waals surface area contributed by atoms with Crippen LogP contribution in [0.5, 0.6) is 23.0 Å². The van der Waals surface area contributed by atoms with Crippen LogP contribution in [0.1, 0.15) is 24.0 Å². The molecular formula is C24H27NO8S. The molecule has 0 aliphatic rings. The monoisotopic (exact) mass is 489 g/mol. The highest BCUT2D eigenvalue weighted by atomic mass is 32.1. The highest BCUT2D eigenvalue weighted by molar-refractivity contribution is 7.67. The molecule has 34 heavy (non-hydrogen) atoms. The van der Waals surface area contributed by atoms with Gasteiger partial charge in [-0.05, 0) is 35.9 Å². The molecule has 0 radical (unpaired) electrons. The zero-order chi connectivity index (χ0) is 25.1. The van der Waals surface area contributed by atoms with Gasteiger partial charge in [-0.3, -0.25) is 9.59 Å².